The van der Waals surface area contributed by atoms with Crippen LogP contribution < -0.4 is 80.8 Å². The number of hydrogen-bond acceptors (Lipinski definition) is 12. The number of ether oxygens (including phenoxy) is 2. The number of carboxylic acid groups (broad SMARTS) is 2. The summed E-state index contributed by atoms with van der Waals surface area (Å²) in [5.41, 5.74) is 10.9. The molecule has 0 rings (SSSR count). The van der Waals surface area contributed by atoms with Gasteiger partial charge in [0.25, 0.3) is 0 Å². The van der Waals surface area contributed by atoms with Crippen LogP contribution in [0.2, 0.25) is 0 Å². The number of carbonyl (C=O) groups excluding carboxylic acids is 6. The summed E-state index contributed by atoms with van der Waals surface area (Å²) in [5.74, 6) is -5.49. The Morgan fingerprint density at radius 1 is 0.458 bits per heavy atom. The third-order valence-corrected chi connectivity index (χ3v) is 7.32. The molecule has 12 nitrogen and oxygen atoms in total. The Morgan fingerprint density at radius 2 is 0.708 bits per heavy atom. The molecule has 0 unspecified atom stereocenters. The normalized spacial score (nSPS) is 11.4. The molecule has 0 saturated carbocycles. The van der Waals surface area contributed by atoms with Crippen LogP contribution in [0.3, 0.4) is 0 Å². The first-order chi connectivity index (χ1) is 21.9. The van der Waals surface area contributed by atoms with Crippen molar-refractivity contribution in [2.75, 3.05) is 0 Å². The molecule has 0 aromatic carbocycles. The SMILES string of the molecule is CCCCCCCCCCCC(=O)OC(=O)[C@@H](N)CCC(=O)[O-].CCCCCCCCCCCC(=O)OC(=O)[C@@H](N)CCC(=O)[O-].[Na+].[Na+]. The molecule has 4 N–H and O–H groups in total. The summed E-state index contributed by atoms with van der Waals surface area (Å²) in [6, 6.07) is -2.19. The van der Waals surface area contributed by atoms with Gasteiger partial charge in [0.2, 0.25) is 0 Å². The molecule has 268 valence electrons. The molecule has 0 aromatic heterocycles. The molecule has 2 atom stereocenters. The molecule has 48 heavy (non-hydrogen) atoms. The van der Waals surface area contributed by atoms with Crippen molar-refractivity contribution in [1.29, 1.82) is 0 Å². The summed E-state index contributed by atoms with van der Waals surface area (Å²) in [4.78, 5) is 66.4. The predicted molar refractivity (Wildman–Crippen MR) is 170 cm³/mol. The van der Waals surface area contributed by atoms with E-state index in [-0.39, 0.29) is 97.6 Å². The Morgan fingerprint density at radius 3 is 0.958 bits per heavy atom. The quantitative estimate of drug-likeness (QED) is 0.0380. The van der Waals surface area contributed by atoms with Crippen molar-refractivity contribution < 1.29 is 108 Å². The number of carboxylic acids is 2. The van der Waals surface area contributed by atoms with Gasteiger partial charge in [-0.25, -0.2) is 9.59 Å². The fourth-order valence-corrected chi connectivity index (χ4v) is 4.42. The van der Waals surface area contributed by atoms with Gasteiger partial charge in [-0.05, 0) is 38.5 Å². The summed E-state index contributed by atoms with van der Waals surface area (Å²) in [5, 5.41) is 20.5. The second kappa shape index (κ2) is 38.9. The minimum absolute atomic E-state index is 0. The molecule has 0 spiro atoms. The van der Waals surface area contributed by atoms with E-state index in [0.717, 1.165) is 25.7 Å². The first-order valence-electron chi connectivity index (χ1n) is 17.3. The molecular weight excluding hydrogens is 642 g/mol. The van der Waals surface area contributed by atoms with Crippen LogP contribution in [-0.2, 0) is 38.2 Å². The molecule has 0 aromatic rings. The van der Waals surface area contributed by atoms with Crippen LogP contribution in [-0.4, -0.2) is 47.9 Å². The molecule has 0 amide bonds. The minimum atomic E-state index is -1.28. The number of unbranched alkanes of at least 4 members (excludes halogenated alkanes) is 16. The van der Waals surface area contributed by atoms with E-state index in [0.29, 0.717) is 12.8 Å². The van der Waals surface area contributed by atoms with Crippen molar-refractivity contribution in [1.82, 2.24) is 0 Å². The zero-order valence-corrected chi connectivity index (χ0v) is 34.4. The average Bonchev–Trinajstić information content (AvgIpc) is 3.00. The van der Waals surface area contributed by atoms with Gasteiger partial charge in [0, 0.05) is 24.8 Å². The second-order valence-electron chi connectivity index (χ2n) is 11.8. The van der Waals surface area contributed by atoms with E-state index in [9.17, 15) is 39.0 Å². The van der Waals surface area contributed by atoms with Gasteiger partial charge >= 0.3 is 83.0 Å². The number of nitrogens with two attached hydrogens (primary N) is 2. The van der Waals surface area contributed by atoms with E-state index in [1.54, 1.807) is 0 Å². The molecule has 0 aliphatic rings. The minimum Gasteiger partial charge on any atom is -0.550 e. The number of carbonyl (C=O) groups is 6. The molecule has 0 aliphatic carbocycles. The maximum atomic E-state index is 11.5. The van der Waals surface area contributed by atoms with Gasteiger partial charge in [-0.1, -0.05) is 117 Å². The van der Waals surface area contributed by atoms with E-state index >= 15 is 0 Å². The van der Waals surface area contributed by atoms with Gasteiger partial charge in [-0.2, -0.15) is 0 Å². The molecule has 0 fully saturated rings. The monoisotopic (exact) mass is 702 g/mol. The largest absolute Gasteiger partial charge is 1.00 e. The van der Waals surface area contributed by atoms with Crippen molar-refractivity contribution in [3.8, 4) is 0 Å². The van der Waals surface area contributed by atoms with Crippen molar-refractivity contribution >= 4 is 35.8 Å². The van der Waals surface area contributed by atoms with E-state index in [4.69, 9.17) is 11.5 Å². The van der Waals surface area contributed by atoms with Crippen molar-refractivity contribution in [2.45, 2.75) is 180 Å². The first-order valence-corrected chi connectivity index (χ1v) is 17.3. The summed E-state index contributed by atoms with van der Waals surface area (Å²) in [6.45, 7) is 4.39. The van der Waals surface area contributed by atoms with Crippen LogP contribution in [0.5, 0.6) is 0 Å². The average molecular weight is 703 g/mol. The molecule has 14 heteroatoms. The summed E-state index contributed by atoms with van der Waals surface area (Å²) < 4.78 is 9.20. The summed E-state index contributed by atoms with van der Waals surface area (Å²) in [6.07, 6.45) is 20.0. The van der Waals surface area contributed by atoms with Crippen LogP contribution in [0.15, 0.2) is 0 Å². The number of rotatable bonds is 28. The predicted octanol–water partition coefficient (Wildman–Crippen LogP) is -2.32. The molecule has 0 radical (unpaired) electrons. The molecule has 0 aliphatic heterocycles. The molecule has 0 bridgehead atoms. The molecular formula is C34H60N2Na2O10. The first kappa shape index (κ1) is 53.9. The van der Waals surface area contributed by atoms with Crippen LogP contribution in [0.1, 0.15) is 168 Å². The van der Waals surface area contributed by atoms with Crippen LogP contribution in [0.25, 0.3) is 0 Å². The van der Waals surface area contributed by atoms with E-state index in [1.807, 2.05) is 0 Å². The van der Waals surface area contributed by atoms with Gasteiger partial charge in [0.1, 0.15) is 12.1 Å². The Bertz CT molecular complexity index is 794. The van der Waals surface area contributed by atoms with E-state index < -0.39 is 47.9 Å². The van der Waals surface area contributed by atoms with Crippen LogP contribution >= 0.6 is 0 Å². The fraction of sp³-hybridized carbons (Fsp3) is 0.824. The van der Waals surface area contributed by atoms with E-state index in [2.05, 4.69) is 23.3 Å². The Hall–Kier alpha value is -0.860. The van der Waals surface area contributed by atoms with Crippen molar-refractivity contribution in [3.63, 3.8) is 0 Å². The molecule has 0 heterocycles. The fourth-order valence-electron chi connectivity index (χ4n) is 4.42. The maximum absolute atomic E-state index is 11.5. The van der Waals surface area contributed by atoms with Gasteiger partial charge in [0.05, 0.1) is 0 Å². The second-order valence-corrected chi connectivity index (χ2v) is 11.8. The van der Waals surface area contributed by atoms with Gasteiger partial charge in [0.15, 0.2) is 0 Å². The number of aliphatic carboxylic acids is 2. The standard InChI is InChI=1S/2C17H31NO5.2Na/c2*1-2-3-4-5-6-7-8-9-10-11-16(21)23-17(22)14(18)12-13-15(19)20;;/h2*14H,2-13,18H2,1H3,(H,19,20);;/q;;2*+1/p-2/t2*14-;;/m00../s1. The third kappa shape index (κ3) is 39.6. The zero-order valence-electron chi connectivity index (χ0n) is 30.4. The van der Waals surface area contributed by atoms with Gasteiger partial charge in [-0.15, -0.1) is 0 Å². The van der Waals surface area contributed by atoms with Crippen molar-refractivity contribution in [3.05, 3.63) is 0 Å². The Balaban J connectivity index is -0.000000387. The van der Waals surface area contributed by atoms with Crippen LogP contribution in [0.4, 0.5) is 0 Å². The topological polar surface area (TPSA) is 219 Å². The van der Waals surface area contributed by atoms with Gasteiger partial charge in [-0.3, -0.25) is 9.59 Å². The maximum Gasteiger partial charge on any atom is 1.00 e. The summed E-state index contributed by atoms with van der Waals surface area (Å²) in [7, 11) is 0. The number of esters is 4. The zero-order chi connectivity index (χ0) is 35.0. The Kier molecular flexibility index (Phi) is 43.7. The smallest absolute Gasteiger partial charge is 0.550 e. The Labute approximate surface area is 332 Å². The third-order valence-electron chi connectivity index (χ3n) is 7.32. The summed E-state index contributed by atoms with van der Waals surface area (Å²) >= 11 is 0. The van der Waals surface area contributed by atoms with Crippen LogP contribution in [0, 0.1) is 0 Å². The molecule has 0 saturated heterocycles. The number of hydrogen-bond donors (Lipinski definition) is 2. The van der Waals surface area contributed by atoms with Gasteiger partial charge < -0.3 is 40.7 Å². The van der Waals surface area contributed by atoms with E-state index in [1.165, 1.54) is 77.0 Å². The van der Waals surface area contributed by atoms with Crippen molar-refractivity contribution in [2.24, 2.45) is 11.5 Å².